The van der Waals surface area contributed by atoms with Crippen LogP contribution in [0, 0.1) is 0 Å². The normalized spacial score (nSPS) is 13.1. The van der Waals surface area contributed by atoms with Gasteiger partial charge in [-0.2, -0.15) is 0 Å². The van der Waals surface area contributed by atoms with Gasteiger partial charge in [0.15, 0.2) is 0 Å². The molecule has 0 aromatic heterocycles. The number of benzene rings is 1. The van der Waals surface area contributed by atoms with Crippen molar-refractivity contribution in [1.29, 1.82) is 0 Å². The van der Waals surface area contributed by atoms with E-state index < -0.39 is 33.8 Å². The zero-order valence-electron chi connectivity index (χ0n) is 17.7. The Balaban J connectivity index is 3.73. The van der Waals surface area contributed by atoms with Crippen molar-refractivity contribution in [3.8, 4) is 0 Å². The van der Waals surface area contributed by atoms with Crippen LogP contribution in [-0.2, 0) is 12.3 Å². The van der Waals surface area contributed by atoms with Gasteiger partial charge in [-0.15, -0.1) is 19.7 Å². The van der Waals surface area contributed by atoms with Crippen molar-refractivity contribution in [1.82, 2.24) is 0 Å². The van der Waals surface area contributed by atoms with Gasteiger partial charge >= 0.3 is 8.80 Å². The molecule has 0 amide bonds. The van der Waals surface area contributed by atoms with Gasteiger partial charge in [0.05, 0.1) is 0 Å². The lowest BCUT2D eigenvalue weighted by atomic mass is 10.2. The summed E-state index contributed by atoms with van der Waals surface area (Å²) in [7, 11) is -9.93. The Labute approximate surface area is 169 Å². The summed E-state index contributed by atoms with van der Waals surface area (Å²) in [4.78, 5) is 0. The van der Waals surface area contributed by atoms with Crippen molar-refractivity contribution < 1.29 is 12.3 Å². The molecule has 27 heavy (non-hydrogen) atoms. The van der Waals surface area contributed by atoms with Crippen LogP contribution >= 0.6 is 0 Å². The van der Waals surface area contributed by atoms with Crippen LogP contribution in [0.5, 0.6) is 0 Å². The van der Waals surface area contributed by atoms with Crippen molar-refractivity contribution in [2.75, 3.05) is 0 Å². The molecular formula is C20H34O3Si4. The van der Waals surface area contributed by atoms with Gasteiger partial charge in [0, 0.05) is 5.19 Å². The van der Waals surface area contributed by atoms with E-state index in [-0.39, 0.29) is 0 Å². The topological polar surface area (TPSA) is 27.7 Å². The molecule has 0 aliphatic rings. The summed E-state index contributed by atoms with van der Waals surface area (Å²) >= 11 is 0. The Morgan fingerprint density at radius 2 is 1.11 bits per heavy atom. The summed E-state index contributed by atoms with van der Waals surface area (Å²) in [6, 6.07) is 8.11. The van der Waals surface area contributed by atoms with Crippen LogP contribution in [0.2, 0.25) is 39.3 Å². The molecule has 0 aliphatic carbocycles. The average molecular weight is 435 g/mol. The van der Waals surface area contributed by atoms with Crippen LogP contribution < -0.4 is 5.19 Å². The second-order valence-corrected chi connectivity index (χ2v) is 23.1. The number of hydrogen-bond acceptors (Lipinski definition) is 3. The van der Waals surface area contributed by atoms with Crippen LogP contribution in [0.15, 0.2) is 67.7 Å². The highest BCUT2D eigenvalue weighted by Crippen LogP contribution is 2.27. The van der Waals surface area contributed by atoms with Crippen LogP contribution in [0.1, 0.15) is 5.56 Å². The lowest BCUT2D eigenvalue weighted by Gasteiger charge is -2.43. The van der Waals surface area contributed by atoms with Crippen molar-refractivity contribution in [2.45, 2.75) is 39.3 Å². The lowest BCUT2D eigenvalue weighted by Crippen LogP contribution is -2.67. The summed E-state index contributed by atoms with van der Waals surface area (Å²) in [6.45, 7) is 28.5. The van der Waals surface area contributed by atoms with E-state index >= 15 is 0 Å². The third-order valence-electron chi connectivity index (χ3n) is 4.14. The summed E-state index contributed by atoms with van der Waals surface area (Å²) in [6.07, 6.45) is 1.82. The minimum atomic E-state index is -3.26. The summed E-state index contributed by atoms with van der Waals surface area (Å²) in [5.74, 6) is 0. The fourth-order valence-corrected chi connectivity index (χ4v) is 15.3. The first-order valence-electron chi connectivity index (χ1n) is 9.08. The van der Waals surface area contributed by atoms with Crippen LogP contribution in [0.25, 0.3) is 6.08 Å². The molecule has 0 saturated heterocycles. The highest BCUT2D eigenvalue weighted by molar-refractivity contribution is 6.98. The first-order chi connectivity index (χ1) is 12.3. The van der Waals surface area contributed by atoms with E-state index in [1.54, 1.807) is 0 Å². The standard InChI is InChI=1S/C20H34O3Si4/c1-11-19-16-15-17-20(18-19)27(21-24(5,6)12-2,22-25(7,8)13-3)23-26(9,10)14-4/h11-18H,1-4H2,5-10H3. The Hall–Kier alpha value is -1.07. The van der Waals surface area contributed by atoms with Gasteiger partial charge in [-0.1, -0.05) is 48.0 Å². The van der Waals surface area contributed by atoms with E-state index in [0.717, 1.165) is 10.8 Å². The van der Waals surface area contributed by atoms with E-state index in [0.29, 0.717) is 0 Å². The third kappa shape index (κ3) is 6.79. The molecule has 1 aromatic carbocycles. The molecule has 0 atom stereocenters. The molecule has 148 valence electrons. The predicted molar refractivity (Wildman–Crippen MR) is 128 cm³/mol. The largest absolute Gasteiger partial charge is 0.506 e. The third-order valence-corrected chi connectivity index (χ3v) is 17.6. The molecule has 7 heteroatoms. The molecule has 1 rings (SSSR count). The maximum absolute atomic E-state index is 6.79. The quantitative estimate of drug-likeness (QED) is 0.441. The molecule has 0 saturated carbocycles. The van der Waals surface area contributed by atoms with Crippen LogP contribution in [-0.4, -0.2) is 33.8 Å². The van der Waals surface area contributed by atoms with E-state index in [1.807, 2.05) is 41.4 Å². The number of rotatable bonds is 11. The summed E-state index contributed by atoms with van der Waals surface area (Å²) < 4.78 is 20.4. The first kappa shape index (κ1) is 24.0. The Kier molecular flexibility index (Phi) is 7.95. The van der Waals surface area contributed by atoms with Gasteiger partial charge in [-0.25, -0.2) is 0 Å². The highest BCUT2D eigenvalue weighted by atomic mass is 28.5. The van der Waals surface area contributed by atoms with Gasteiger partial charge in [0.1, 0.15) is 0 Å². The van der Waals surface area contributed by atoms with Gasteiger partial charge in [-0.3, -0.25) is 0 Å². The molecule has 0 spiro atoms. The fraction of sp³-hybridized carbons (Fsp3) is 0.300. The SMILES string of the molecule is C=Cc1cccc([Si](O[Si](C)(C)C=C)(O[Si](C)(C)C=C)O[Si](C)(C)C=C)c1. The van der Waals surface area contributed by atoms with Crippen molar-refractivity contribution >= 4 is 45.0 Å². The molecule has 0 bridgehead atoms. The molecule has 0 heterocycles. The van der Waals surface area contributed by atoms with Gasteiger partial charge in [-0.05, 0) is 50.9 Å². The fourth-order valence-electron chi connectivity index (χ4n) is 2.26. The second kappa shape index (κ2) is 8.95. The smallest absolute Gasteiger partial charge is 0.409 e. The minimum Gasteiger partial charge on any atom is -0.409 e. The van der Waals surface area contributed by atoms with Crippen molar-refractivity contribution in [2.24, 2.45) is 0 Å². The van der Waals surface area contributed by atoms with Gasteiger partial charge in [0.25, 0.3) is 0 Å². The molecule has 0 unspecified atom stereocenters. The van der Waals surface area contributed by atoms with Gasteiger partial charge < -0.3 is 12.3 Å². The highest BCUT2D eigenvalue weighted by Gasteiger charge is 2.53. The molecule has 0 aliphatic heterocycles. The monoisotopic (exact) mass is 434 g/mol. The maximum Gasteiger partial charge on any atom is 0.506 e. The molecule has 0 N–H and O–H groups in total. The Bertz CT molecular complexity index is 656. The van der Waals surface area contributed by atoms with Gasteiger partial charge in [0.2, 0.25) is 25.0 Å². The molecule has 1 aromatic rings. The van der Waals surface area contributed by atoms with Crippen LogP contribution in [0.3, 0.4) is 0 Å². The predicted octanol–water partition coefficient (Wildman–Crippen LogP) is 5.32. The molecule has 3 nitrogen and oxygen atoms in total. The van der Waals surface area contributed by atoms with Crippen molar-refractivity contribution in [3.63, 3.8) is 0 Å². The molecule has 0 fully saturated rings. The van der Waals surface area contributed by atoms with E-state index in [9.17, 15) is 0 Å². The van der Waals surface area contributed by atoms with Crippen LogP contribution in [0.4, 0.5) is 0 Å². The first-order valence-corrected chi connectivity index (χ1v) is 19.8. The lowest BCUT2D eigenvalue weighted by molar-refractivity contribution is 0.277. The molecule has 0 radical (unpaired) electrons. The summed E-state index contributed by atoms with van der Waals surface area (Å²) in [5, 5.41) is 0.951. The van der Waals surface area contributed by atoms with E-state index in [4.69, 9.17) is 12.3 Å². The number of hydrogen-bond donors (Lipinski definition) is 0. The maximum atomic E-state index is 6.79. The van der Waals surface area contributed by atoms with E-state index in [2.05, 4.69) is 71.7 Å². The molecular weight excluding hydrogens is 401 g/mol. The summed E-state index contributed by atoms with van der Waals surface area (Å²) in [5.41, 5.74) is 6.77. The second-order valence-electron chi connectivity index (χ2n) is 8.11. The zero-order valence-corrected chi connectivity index (χ0v) is 21.7. The van der Waals surface area contributed by atoms with E-state index in [1.165, 1.54) is 0 Å². The zero-order chi connectivity index (χ0) is 20.9. The Morgan fingerprint density at radius 1 is 0.704 bits per heavy atom. The Morgan fingerprint density at radius 3 is 1.44 bits per heavy atom. The minimum absolute atomic E-state index is 0.951. The van der Waals surface area contributed by atoms with Crippen molar-refractivity contribution in [3.05, 3.63) is 73.2 Å². The average Bonchev–Trinajstić information content (AvgIpc) is 2.60.